The van der Waals surface area contributed by atoms with Gasteiger partial charge in [-0.1, -0.05) is 18.2 Å². The van der Waals surface area contributed by atoms with Crippen LogP contribution in [0.1, 0.15) is 0 Å². The van der Waals surface area contributed by atoms with Gasteiger partial charge in [0.25, 0.3) is 0 Å². The van der Waals surface area contributed by atoms with Gasteiger partial charge in [0.2, 0.25) is 0 Å². The van der Waals surface area contributed by atoms with Crippen LogP contribution in [0, 0.1) is 0 Å². The van der Waals surface area contributed by atoms with E-state index in [2.05, 4.69) is 10.2 Å². The Morgan fingerprint density at radius 2 is 1.74 bits per heavy atom. The second kappa shape index (κ2) is 4.45. The summed E-state index contributed by atoms with van der Waals surface area (Å²) in [7, 11) is 0. The topological polar surface area (TPSA) is 71.2 Å². The Hall–Kier alpha value is -2.82. The van der Waals surface area contributed by atoms with E-state index in [1.807, 2.05) is 30.3 Å². The molecule has 2 N–H and O–H groups in total. The second-order valence-corrected chi connectivity index (χ2v) is 4.06. The molecule has 0 saturated heterocycles. The van der Waals surface area contributed by atoms with Crippen LogP contribution in [0.5, 0.6) is 11.5 Å². The molecule has 0 bridgehead atoms. The smallest absolute Gasteiger partial charge is 0.128 e. The van der Waals surface area contributed by atoms with Crippen molar-refractivity contribution < 1.29 is 10.2 Å². The number of hydrogen-bond donors (Lipinski definition) is 2. The number of aromatic nitrogens is 3. The van der Waals surface area contributed by atoms with E-state index in [1.165, 1.54) is 16.9 Å². The monoisotopic (exact) mass is 253 g/mol. The first-order valence-corrected chi connectivity index (χ1v) is 5.74. The Balaban J connectivity index is 2.02. The van der Waals surface area contributed by atoms with Crippen LogP contribution in [-0.2, 0) is 0 Å². The normalized spacial score (nSPS) is 10.5. The van der Waals surface area contributed by atoms with E-state index in [4.69, 9.17) is 0 Å². The summed E-state index contributed by atoms with van der Waals surface area (Å²) >= 11 is 0. The third-order valence-corrected chi connectivity index (χ3v) is 2.74. The molecule has 19 heavy (non-hydrogen) atoms. The van der Waals surface area contributed by atoms with Gasteiger partial charge in [0.1, 0.15) is 17.2 Å². The highest BCUT2D eigenvalue weighted by Crippen LogP contribution is 2.30. The Bertz CT molecular complexity index is 708. The van der Waals surface area contributed by atoms with Gasteiger partial charge < -0.3 is 10.2 Å². The fraction of sp³-hybridized carbons (Fsp3) is 0. The standard InChI is InChI=1S/C14H11N3O2/c18-11-6-7-12(14(19)8-11)13-9-15-17(16-13)10-4-2-1-3-5-10/h1-9,18-19H. The molecule has 3 aromatic rings. The number of hydrogen-bond acceptors (Lipinski definition) is 4. The molecule has 0 aliphatic rings. The van der Waals surface area contributed by atoms with E-state index in [9.17, 15) is 10.2 Å². The zero-order valence-electron chi connectivity index (χ0n) is 9.93. The van der Waals surface area contributed by atoms with E-state index in [1.54, 1.807) is 12.3 Å². The van der Waals surface area contributed by atoms with Crippen molar-refractivity contribution in [1.82, 2.24) is 15.0 Å². The minimum absolute atomic E-state index is 0.0108. The van der Waals surface area contributed by atoms with Gasteiger partial charge in [0.15, 0.2) is 0 Å². The highest BCUT2D eigenvalue weighted by molar-refractivity contribution is 5.67. The summed E-state index contributed by atoms with van der Waals surface area (Å²) in [6.07, 6.45) is 1.57. The fourth-order valence-electron chi connectivity index (χ4n) is 1.81. The average Bonchev–Trinajstić information content (AvgIpc) is 2.89. The number of aromatic hydroxyl groups is 2. The van der Waals surface area contributed by atoms with Gasteiger partial charge in [-0.3, -0.25) is 0 Å². The summed E-state index contributed by atoms with van der Waals surface area (Å²) in [4.78, 5) is 1.49. The minimum atomic E-state index is -0.0277. The molecule has 0 unspecified atom stereocenters. The molecule has 0 radical (unpaired) electrons. The molecule has 0 aliphatic carbocycles. The lowest BCUT2D eigenvalue weighted by molar-refractivity contribution is 0.451. The molecule has 0 saturated carbocycles. The van der Waals surface area contributed by atoms with E-state index in [0.717, 1.165) is 5.69 Å². The molecule has 0 amide bonds. The van der Waals surface area contributed by atoms with Crippen molar-refractivity contribution in [3.05, 3.63) is 54.7 Å². The van der Waals surface area contributed by atoms with Gasteiger partial charge in [0, 0.05) is 11.6 Å². The van der Waals surface area contributed by atoms with Crippen molar-refractivity contribution in [2.24, 2.45) is 0 Å². The molecule has 5 heteroatoms. The third kappa shape index (κ3) is 2.13. The van der Waals surface area contributed by atoms with E-state index < -0.39 is 0 Å². The van der Waals surface area contributed by atoms with Gasteiger partial charge in [-0.25, -0.2) is 0 Å². The molecule has 2 aromatic carbocycles. The van der Waals surface area contributed by atoms with Gasteiger partial charge >= 0.3 is 0 Å². The quantitative estimate of drug-likeness (QED) is 0.735. The first kappa shape index (κ1) is 11.3. The number of benzene rings is 2. The molecule has 0 aliphatic heterocycles. The zero-order chi connectivity index (χ0) is 13.2. The molecule has 1 aromatic heterocycles. The number of phenols is 2. The lowest BCUT2D eigenvalue weighted by atomic mass is 10.1. The average molecular weight is 253 g/mol. The van der Waals surface area contributed by atoms with Crippen molar-refractivity contribution in [1.29, 1.82) is 0 Å². The van der Waals surface area contributed by atoms with Crippen molar-refractivity contribution in [3.63, 3.8) is 0 Å². The molecular formula is C14H11N3O2. The SMILES string of the molecule is Oc1ccc(-c2cnn(-c3ccccc3)n2)c(O)c1. The van der Waals surface area contributed by atoms with Gasteiger partial charge in [-0.2, -0.15) is 9.90 Å². The van der Waals surface area contributed by atoms with Crippen LogP contribution in [0.3, 0.4) is 0 Å². The van der Waals surface area contributed by atoms with Crippen molar-refractivity contribution in [2.45, 2.75) is 0 Å². The number of nitrogens with zero attached hydrogens (tertiary/aromatic N) is 3. The Morgan fingerprint density at radius 3 is 2.47 bits per heavy atom. The maximum Gasteiger partial charge on any atom is 0.128 e. The van der Waals surface area contributed by atoms with Gasteiger partial charge in [0.05, 0.1) is 11.9 Å². The fourth-order valence-corrected chi connectivity index (χ4v) is 1.81. The molecule has 0 spiro atoms. The van der Waals surface area contributed by atoms with Crippen LogP contribution in [0.4, 0.5) is 0 Å². The minimum Gasteiger partial charge on any atom is -0.508 e. The molecule has 0 atom stereocenters. The van der Waals surface area contributed by atoms with E-state index >= 15 is 0 Å². The van der Waals surface area contributed by atoms with Gasteiger partial charge in [-0.05, 0) is 24.3 Å². The summed E-state index contributed by atoms with van der Waals surface area (Å²) in [6, 6.07) is 13.9. The van der Waals surface area contributed by atoms with Crippen molar-refractivity contribution >= 4 is 0 Å². The van der Waals surface area contributed by atoms with Crippen LogP contribution in [-0.4, -0.2) is 25.2 Å². The predicted octanol–water partition coefficient (Wildman–Crippen LogP) is 2.35. The number of rotatable bonds is 2. The second-order valence-electron chi connectivity index (χ2n) is 4.06. The highest BCUT2D eigenvalue weighted by Gasteiger charge is 2.10. The van der Waals surface area contributed by atoms with E-state index in [0.29, 0.717) is 11.3 Å². The lowest BCUT2D eigenvalue weighted by Gasteiger charge is -2.01. The first-order chi connectivity index (χ1) is 9.24. The Kier molecular flexibility index (Phi) is 2.64. The van der Waals surface area contributed by atoms with Crippen LogP contribution < -0.4 is 0 Å². The summed E-state index contributed by atoms with van der Waals surface area (Å²) in [5.74, 6) is -0.0168. The molecule has 5 nitrogen and oxygen atoms in total. The van der Waals surface area contributed by atoms with Crippen molar-refractivity contribution in [3.8, 4) is 28.4 Å². The molecule has 0 fully saturated rings. The summed E-state index contributed by atoms with van der Waals surface area (Å²) in [5, 5.41) is 27.5. The van der Waals surface area contributed by atoms with E-state index in [-0.39, 0.29) is 11.5 Å². The highest BCUT2D eigenvalue weighted by atomic mass is 16.3. The maximum absolute atomic E-state index is 9.79. The largest absolute Gasteiger partial charge is 0.508 e. The van der Waals surface area contributed by atoms with Crippen LogP contribution in [0.15, 0.2) is 54.7 Å². The van der Waals surface area contributed by atoms with Crippen LogP contribution in [0.2, 0.25) is 0 Å². The molecular weight excluding hydrogens is 242 g/mol. The number of phenolic OH excluding ortho intramolecular Hbond substituents is 2. The van der Waals surface area contributed by atoms with Gasteiger partial charge in [-0.15, -0.1) is 5.10 Å². The first-order valence-electron chi connectivity index (χ1n) is 5.74. The lowest BCUT2D eigenvalue weighted by Crippen LogP contribution is -1.97. The van der Waals surface area contributed by atoms with Crippen molar-refractivity contribution in [2.75, 3.05) is 0 Å². The maximum atomic E-state index is 9.79. The summed E-state index contributed by atoms with van der Waals surface area (Å²) < 4.78 is 0. The Morgan fingerprint density at radius 1 is 0.947 bits per heavy atom. The summed E-state index contributed by atoms with van der Waals surface area (Å²) in [5.41, 5.74) is 1.91. The van der Waals surface area contributed by atoms with Crippen LogP contribution >= 0.6 is 0 Å². The summed E-state index contributed by atoms with van der Waals surface area (Å²) in [6.45, 7) is 0. The zero-order valence-corrected chi connectivity index (χ0v) is 9.93. The third-order valence-electron chi connectivity index (χ3n) is 2.74. The number of para-hydroxylation sites is 1. The predicted molar refractivity (Wildman–Crippen MR) is 70.1 cm³/mol. The molecule has 1 heterocycles. The molecule has 94 valence electrons. The Labute approximate surface area is 109 Å². The molecule has 3 rings (SSSR count). The van der Waals surface area contributed by atoms with Crippen LogP contribution in [0.25, 0.3) is 16.9 Å².